The second-order valence-electron chi connectivity index (χ2n) is 13.6. The summed E-state index contributed by atoms with van der Waals surface area (Å²) >= 11 is 0. The second-order valence-corrected chi connectivity index (χ2v) is 13.6. The van der Waals surface area contributed by atoms with Gasteiger partial charge in [0.1, 0.15) is 11.5 Å². The molecule has 264 valence electrons. The minimum atomic E-state index is -0.227. The molecule has 2 aliphatic rings. The summed E-state index contributed by atoms with van der Waals surface area (Å²) in [5, 5.41) is 20.0. The number of rotatable bonds is 9. The van der Waals surface area contributed by atoms with E-state index in [1.165, 1.54) is 5.56 Å². The Labute approximate surface area is 305 Å². The summed E-state index contributed by atoms with van der Waals surface area (Å²) < 4.78 is 0. The van der Waals surface area contributed by atoms with Crippen molar-refractivity contribution in [2.75, 3.05) is 49.2 Å². The quantitative estimate of drug-likeness (QED) is 0.130. The van der Waals surface area contributed by atoms with Gasteiger partial charge < -0.3 is 26.0 Å². The third-order valence-corrected chi connectivity index (χ3v) is 9.62. The van der Waals surface area contributed by atoms with Crippen LogP contribution in [-0.4, -0.2) is 81.1 Å². The van der Waals surface area contributed by atoms with Gasteiger partial charge in [-0.1, -0.05) is 48.4 Å². The van der Waals surface area contributed by atoms with E-state index in [1.807, 2.05) is 48.7 Å². The number of benzene rings is 3. The van der Waals surface area contributed by atoms with E-state index in [4.69, 9.17) is 9.97 Å². The van der Waals surface area contributed by atoms with Crippen LogP contribution in [0.1, 0.15) is 52.9 Å². The minimum Gasteiger partial charge on any atom is -0.393 e. The average molecular weight is 693 g/mol. The molecule has 2 aromatic heterocycles. The number of likely N-dealkylation sites (N-methyl/N-ethyl adjacent to an activating group) is 1. The van der Waals surface area contributed by atoms with Crippen LogP contribution >= 0.6 is 0 Å². The fourth-order valence-electron chi connectivity index (χ4n) is 6.50. The molecule has 1 saturated carbocycles. The monoisotopic (exact) mass is 692 g/mol. The first-order valence-electron chi connectivity index (χ1n) is 18.0. The van der Waals surface area contributed by atoms with Crippen LogP contribution in [0, 0.1) is 11.8 Å². The van der Waals surface area contributed by atoms with Crippen molar-refractivity contribution in [1.82, 2.24) is 24.8 Å². The van der Waals surface area contributed by atoms with E-state index >= 15 is 0 Å². The number of piperazine rings is 1. The number of amides is 1. The van der Waals surface area contributed by atoms with E-state index in [0.717, 1.165) is 86.6 Å². The largest absolute Gasteiger partial charge is 0.393 e. The number of aromatic nitrogens is 3. The molecule has 4 N–H and O–H groups in total. The van der Waals surface area contributed by atoms with Crippen LogP contribution in [0.2, 0.25) is 0 Å². The van der Waals surface area contributed by atoms with Gasteiger partial charge in [0.05, 0.1) is 6.10 Å². The van der Waals surface area contributed by atoms with Crippen molar-refractivity contribution in [2.24, 2.45) is 0 Å². The molecule has 3 heterocycles. The van der Waals surface area contributed by atoms with Crippen LogP contribution in [0.3, 0.4) is 0 Å². The summed E-state index contributed by atoms with van der Waals surface area (Å²) in [7, 11) is 2.18. The molecule has 1 aliphatic heterocycles. The van der Waals surface area contributed by atoms with Crippen LogP contribution in [-0.2, 0) is 6.54 Å². The molecule has 2 fully saturated rings. The van der Waals surface area contributed by atoms with Gasteiger partial charge in [0, 0.05) is 79.2 Å². The Hall–Kier alpha value is -5.60. The van der Waals surface area contributed by atoms with Crippen LogP contribution in [0.15, 0.2) is 103 Å². The lowest BCUT2D eigenvalue weighted by molar-refractivity contribution is 0.102. The topological polar surface area (TPSA) is 119 Å². The van der Waals surface area contributed by atoms with E-state index in [2.05, 4.69) is 73.9 Å². The number of hydrogen-bond donors (Lipinski definition) is 4. The standard InChI is InChI=1S/C42H44N8O2/c1-49-23-25-50(26-24-49)29-31-7-12-32(13-8-31)39-28-44-42(48-40(39)45-34-17-19-38(51)20-18-34)47-35-14-9-30(10-15-35)11-16-36-27-37(21-22-43-36)46-41(52)33-5-3-2-4-6-33/h2-10,12-15,21-22,27-28,34,38,51H,17-20,23-26,29H2,1H3,(H,43,46,52)(H2,44,45,47,48). The highest BCUT2D eigenvalue weighted by Crippen LogP contribution is 2.31. The highest BCUT2D eigenvalue weighted by atomic mass is 16.3. The van der Waals surface area contributed by atoms with Gasteiger partial charge in [-0.05, 0) is 98.3 Å². The lowest BCUT2D eigenvalue weighted by Gasteiger charge is -2.32. The van der Waals surface area contributed by atoms with Crippen molar-refractivity contribution in [3.05, 3.63) is 126 Å². The predicted molar refractivity (Wildman–Crippen MR) is 206 cm³/mol. The third kappa shape index (κ3) is 9.38. The number of anilines is 4. The molecule has 0 radical (unpaired) electrons. The molecule has 0 unspecified atom stereocenters. The zero-order chi connectivity index (χ0) is 35.7. The molecule has 0 atom stereocenters. The molecule has 0 bridgehead atoms. The molecule has 10 heteroatoms. The Balaban J connectivity index is 1.03. The normalized spacial score (nSPS) is 17.8. The zero-order valence-corrected chi connectivity index (χ0v) is 29.4. The first-order valence-corrected chi connectivity index (χ1v) is 18.0. The smallest absolute Gasteiger partial charge is 0.255 e. The van der Waals surface area contributed by atoms with Crippen molar-refractivity contribution in [2.45, 2.75) is 44.4 Å². The molecule has 7 rings (SSSR count). The number of carbonyl (C=O) groups is 1. The second kappa shape index (κ2) is 16.6. The van der Waals surface area contributed by atoms with Crippen molar-refractivity contribution in [3.8, 4) is 23.0 Å². The zero-order valence-electron chi connectivity index (χ0n) is 29.4. The number of nitrogens with one attached hydrogen (secondary N) is 3. The average Bonchev–Trinajstić information content (AvgIpc) is 3.17. The first-order chi connectivity index (χ1) is 25.4. The summed E-state index contributed by atoms with van der Waals surface area (Å²) in [5.41, 5.74) is 6.74. The lowest BCUT2D eigenvalue weighted by Crippen LogP contribution is -2.43. The third-order valence-electron chi connectivity index (χ3n) is 9.62. The Kier molecular flexibility index (Phi) is 11.1. The molecular formula is C42H44N8O2. The maximum Gasteiger partial charge on any atom is 0.255 e. The Morgan fingerprint density at radius 1 is 0.846 bits per heavy atom. The van der Waals surface area contributed by atoms with Gasteiger partial charge in [0.25, 0.3) is 5.91 Å². The number of aliphatic hydroxyl groups excluding tert-OH is 1. The van der Waals surface area contributed by atoms with Crippen LogP contribution < -0.4 is 16.0 Å². The number of nitrogens with zero attached hydrogens (tertiary/aromatic N) is 5. The highest BCUT2D eigenvalue weighted by molar-refractivity contribution is 6.04. The maximum absolute atomic E-state index is 12.5. The van der Waals surface area contributed by atoms with E-state index in [9.17, 15) is 9.90 Å². The van der Waals surface area contributed by atoms with E-state index in [-0.39, 0.29) is 18.1 Å². The van der Waals surface area contributed by atoms with Crippen molar-refractivity contribution in [3.63, 3.8) is 0 Å². The summed E-state index contributed by atoms with van der Waals surface area (Å²) in [5.74, 6) is 7.34. The summed E-state index contributed by atoms with van der Waals surface area (Å²) in [6.07, 6.45) is 6.64. The van der Waals surface area contributed by atoms with Gasteiger partial charge in [0.2, 0.25) is 5.95 Å². The van der Waals surface area contributed by atoms with Gasteiger partial charge in [0.15, 0.2) is 0 Å². The van der Waals surface area contributed by atoms with Crippen molar-refractivity contribution < 1.29 is 9.90 Å². The number of aliphatic hydroxyl groups is 1. The van der Waals surface area contributed by atoms with Crippen molar-refractivity contribution >= 4 is 29.0 Å². The molecule has 5 aromatic rings. The Morgan fingerprint density at radius 2 is 1.60 bits per heavy atom. The fraction of sp³-hybridized carbons (Fsp3) is 0.286. The number of carbonyl (C=O) groups excluding carboxylic acids is 1. The molecule has 1 aliphatic carbocycles. The van der Waals surface area contributed by atoms with E-state index in [1.54, 1.807) is 30.5 Å². The maximum atomic E-state index is 12.5. The minimum absolute atomic E-state index is 0.185. The molecule has 10 nitrogen and oxygen atoms in total. The SMILES string of the molecule is CN1CCN(Cc2ccc(-c3cnc(Nc4ccc(C#Cc5cc(NC(=O)c6ccccc6)ccn5)cc4)nc3NC3CCC(O)CC3)cc2)CC1. The molecule has 1 amide bonds. The van der Waals surface area contributed by atoms with Crippen LogP contribution in [0.5, 0.6) is 0 Å². The highest BCUT2D eigenvalue weighted by Gasteiger charge is 2.22. The van der Waals surface area contributed by atoms with E-state index < -0.39 is 0 Å². The van der Waals surface area contributed by atoms with Gasteiger partial charge >= 0.3 is 0 Å². The summed E-state index contributed by atoms with van der Waals surface area (Å²) in [6.45, 7) is 5.34. The lowest BCUT2D eigenvalue weighted by atomic mass is 9.93. The fourth-order valence-corrected chi connectivity index (χ4v) is 6.50. The van der Waals surface area contributed by atoms with Crippen LogP contribution in [0.25, 0.3) is 11.1 Å². The molecule has 3 aromatic carbocycles. The molecular weight excluding hydrogens is 649 g/mol. The number of pyridine rings is 1. The van der Waals surface area contributed by atoms with Gasteiger partial charge in [-0.25, -0.2) is 9.97 Å². The van der Waals surface area contributed by atoms with Gasteiger partial charge in [-0.2, -0.15) is 4.98 Å². The molecule has 1 saturated heterocycles. The van der Waals surface area contributed by atoms with Gasteiger partial charge in [-0.3, -0.25) is 9.69 Å². The molecule has 52 heavy (non-hydrogen) atoms. The summed E-state index contributed by atoms with van der Waals surface area (Å²) in [6, 6.07) is 29.3. The van der Waals surface area contributed by atoms with Gasteiger partial charge in [-0.15, -0.1) is 0 Å². The first kappa shape index (κ1) is 34.8. The summed E-state index contributed by atoms with van der Waals surface area (Å²) in [4.78, 5) is 31.4. The van der Waals surface area contributed by atoms with E-state index in [0.29, 0.717) is 22.9 Å². The Bertz CT molecular complexity index is 2010. The van der Waals surface area contributed by atoms with Crippen LogP contribution in [0.4, 0.5) is 23.1 Å². The Morgan fingerprint density at radius 3 is 2.35 bits per heavy atom. The molecule has 0 spiro atoms. The number of hydrogen-bond acceptors (Lipinski definition) is 9. The van der Waals surface area contributed by atoms with Crippen molar-refractivity contribution in [1.29, 1.82) is 0 Å². The predicted octanol–water partition coefficient (Wildman–Crippen LogP) is 6.40.